The largest absolute Gasteiger partial charge is 0.490 e. The summed E-state index contributed by atoms with van der Waals surface area (Å²) in [7, 11) is 0. The average molecular weight is 512 g/mol. The zero-order valence-corrected chi connectivity index (χ0v) is 20.6. The zero-order valence-electron chi connectivity index (χ0n) is 20.6. The van der Waals surface area contributed by atoms with Crippen molar-refractivity contribution in [2.75, 3.05) is 6.61 Å². The number of aromatic nitrogens is 3. The molecule has 0 saturated heterocycles. The number of Topliss-reactive ketones (excluding diaryl/α,β-unsaturated/α-hetero) is 1. The predicted molar refractivity (Wildman–Crippen MR) is 138 cm³/mol. The summed E-state index contributed by atoms with van der Waals surface area (Å²) in [6.45, 7) is 2.67. The summed E-state index contributed by atoms with van der Waals surface area (Å²) in [6, 6.07) is 16.7. The highest BCUT2D eigenvalue weighted by atomic mass is 16.5. The van der Waals surface area contributed by atoms with Crippen molar-refractivity contribution in [3.05, 3.63) is 89.7 Å². The van der Waals surface area contributed by atoms with Gasteiger partial charge < -0.3 is 20.5 Å². The number of carbonyl (C=O) groups is 3. The van der Waals surface area contributed by atoms with Gasteiger partial charge in [0.2, 0.25) is 5.78 Å². The Bertz CT molecular complexity index is 1520. The molecule has 10 nitrogen and oxygen atoms in total. The standard InChI is InChI=1S/C28H25N5O5/c1-2-37-22-12-6-10-19-23-18(16-38-25(19)22)15-33(32-23)27-20(11-7-13-30-27)28(36)31-21(24(34)26(29)35)14-17-8-4-3-5-9-17/h3-13,15,21H,2,14,16H2,1H3,(H2,29,35)(H,31,36). The number of carbonyl (C=O) groups excluding carboxylic acids is 3. The number of pyridine rings is 1. The van der Waals surface area contributed by atoms with Crippen LogP contribution >= 0.6 is 0 Å². The predicted octanol–water partition coefficient (Wildman–Crippen LogP) is 2.62. The molecule has 38 heavy (non-hydrogen) atoms. The molecule has 5 rings (SSSR count). The van der Waals surface area contributed by atoms with Crippen LogP contribution < -0.4 is 20.5 Å². The second kappa shape index (κ2) is 10.6. The van der Waals surface area contributed by atoms with Crippen molar-refractivity contribution in [1.29, 1.82) is 0 Å². The maximum Gasteiger partial charge on any atom is 0.287 e. The highest BCUT2D eigenvalue weighted by Gasteiger charge is 2.29. The lowest BCUT2D eigenvalue weighted by Crippen LogP contribution is -2.47. The topological polar surface area (TPSA) is 138 Å². The van der Waals surface area contributed by atoms with Crippen molar-refractivity contribution in [2.24, 2.45) is 5.73 Å². The van der Waals surface area contributed by atoms with E-state index in [4.69, 9.17) is 20.3 Å². The third-order valence-corrected chi connectivity index (χ3v) is 6.09. The van der Waals surface area contributed by atoms with E-state index in [2.05, 4.69) is 10.3 Å². The number of rotatable bonds is 9. The second-order valence-electron chi connectivity index (χ2n) is 8.62. The first kappa shape index (κ1) is 24.7. The number of ketones is 1. The molecular weight excluding hydrogens is 486 g/mol. The number of hydrogen-bond acceptors (Lipinski definition) is 7. The summed E-state index contributed by atoms with van der Waals surface area (Å²) >= 11 is 0. The lowest BCUT2D eigenvalue weighted by atomic mass is 10.0. The number of ether oxygens (including phenoxy) is 2. The minimum absolute atomic E-state index is 0.107. The van der Waals surface area contributed by atoms with Gasteiger partial charge in [-0.3, -0.25) is 14.4 Å². The molecule has 2 amide bonds. The molecule has 3 N–H and O–H groups in total. The summed E-state index contributed by atoms with van der Waals surface area (Å²) in [6.07, 6.45) is 3.40. The van der Waals surface area contributed by atoms with Crippen molar-refractivity contribution in [3.8, 4) is 28.6 Å². The zero-order chi connectivity index (χ0) is 26.6. The molecule has 0 bridgehead atoms. The first-order chi connectivity index (χ1) is 18.5. The van der Waals surface area contributed by atoms with Crippen molar-refractivity contribution in [2.45, 2.75) is 26.0 Å². The summed E-state index contributed by atoms with van der Waals surface area (Å²) in [5.41, 5.74) is 8.48. The Morgan fingerprint density at radius 3 is 2.68 bits per heavy atom. The van der Waals surface area contributed by atoms with Crippen LogP contribution in [0.2, 0.25) is 0 Å². The molecule has 192 valence electrons. The summed E-state index contributed by atoms with van der Waals surface area (Å²) in [5.74, 6) is -1.10. The molecule has 2 aromatic carbocycles. The van der Waals surface area contributed by atoms with E-state index in [1.807, 2.05) is 31.2 Å². The van der Waals surface area contributed by atoms with Crippen molar-refractivity contribution >= 4 is 17.6 Å². The molecule has 1 unspecified atom stereocenters. The fourth-order valence-corrected chi connectivity index (χ4v) is 4.34. The molecule has 1 aliphatic heterocycles. The molecule has 2 aromatic heterocycles. The maximum atomic E-state index is 13.4. The minimum Gasteiger partial charge on any atom is -0.490 e. The van der Waals surface area contributed by atoms with Crippen LogP contribution in [0.1, 0.15) is 28.4 Å². The van der Waals surface area contributed by atoms with E-state index in [1.54, 1.807) is 48.8 Å². The monoisotopic (exact) mass is 511 g/mol. The summed E-state index contributed by atoms with van der Waals surface area (Å²) < 4.78 is 13.2. The first-order valence-corrected chi connectivity index (χ1v) is 12.1. The lowest BCUT2D eigenvalue weighted by molar-refractivity contribution is -0.137. The van der Waals surface area contributed by atoms with Crippen LogP contribution in [-0.4, -0.2) is 45.0 Å². The Morgan fingerprint density at radius 2 is 1.92 bits per heavy atom. The number of nitrogens with two attached hydrogens (primary N) is 1. The van der Waals surface area contributed by atoms with Crippen LogP contribution in [0.25, 0.3) is 17.1 Å². The molecule has 0 aliphatic carbocycles. The quantitative estimate of drug-likeness (QED) is 0.329. The van der Waals surface area contributed by atoms with Crippen LogP contribution in [0.15, 0.2) is 73.1 Å². The molecule has 10 heteroatoms. The van der Waals surface area contributed by atoms with Gasteiger partial charge in [-0.05, 0) is 36.8 Å². The highest BCUT2D eigenvalue weighted by molar-refractivity contribution is 6.38. The number of nitrogens with zero attached hydrogens (tertiary/aromatic N) is 3. The Balaban J connectivity index is 1.46. The second-order valence-corrected chi connectivity index (χ2v) is 8.62. The van der Waals surface area contributed by atoms with Gasteiger partial charge in [0, 0.05) is 29.9 Å². The first-order valence-electron chi connectivity index (χ1n) is 12.1. The Labute approximate surface area is 218 Å². The van der Waals surface area contributed by atoms with E-state index >= 15 is 0 Å². The summed E-state index contributed by atoms with van der Waals surface area (Å²) in [4.78, 5) is 42.0. The van der Waals surface area contributed by atoms with Gasteiger partial charge in [-0.2, -0.15) is 5.10 Å². The average Bonchev–Trinajstić information content (AvgIpc) is 3.38. The number of para-hydroxylation sites is 1. The molecule has 0 saturated carbocycles. The molecule has 1 atom stereocenters. The van der Waals surface area contributed by atoms with Gasteiger partial charge in [0.1, 0.15) is 18.3 Å². The molecular formula is C28H25N5O5. The summed E-state index contributed by atoms with van der Waals surface area (Å²) in [5, 5.41) is 7.37. The normalized spacial score (nSPS) is 12.4. The van der Waals surface area contributed by atoms with Crippen LogP contribution in [0, 0.1) is 0 Å². The van der Waals surface area contributed by atoms with Crippen LogP contribution in [0.5, 0.6) is 11.5 Å². The third kappa shape index (κ3) is 4.83. The van der Waals surface area contributed by atoms with Crippen molar-refractivity contribution in [3.63, 3.8) is 0 Å². The Morgan fingerprint density at radius 1 is 1.11 bits per heavy atom. The van der Waals surface area contributed by atoms with E-state index in [-0.39, 0.29) is 24.4 Å². The van der Waals surface area contributed by atoms with Crippen LogP contribution in [0.4, 0.5) is 0 Å². The van der Waals surface area contributed by atoms with E-state index in [0.717, 1.165) is 16.7 Å². The molecule has 0 fully saturated rings. The van der Waals surface area contributed by atoms with Crippen LogP contribution in [0.3, 0.4) is 0 Å². The lowest BCUT2D eigenvalue weighted by Gasteiger charge is -2.19. The number of nitrogens with one attached hydrogen (secondary N) is 1. The van der Waals surface area contributed by atoms with Crippen molar-refractivity contribution in [1.82, 2.24) is 20.1 Å². The van der Waals surface area contributed by atoms with E-state index in [0.29, 0.717) is 23.8 Å². The molecule has 4 aromatic rings. The fraction of sp³-hybridized carbons (Fsp3) is 0.179. The maximum absolute atomic E-state index is 13.4. The molecule has 1 aliphatic rings. The smallest absolute Gasteiger partial charge is 0.287 e. The van der Waals surface area contributed by atoms with E-state index in [9.17, 15) is 14.4 Å². The fourth-order valence-electron chi connectivity index (χ4n) is 4.34. The minimum atomic E-state index is -1.14. The third-order valence-electron chi connectivity index (χ3n) is 6.09. The molecule has 0 radical (unpaired) electrons. The van der Waals surface area contributed by atoms with Gasteiger partial charge in [0.25, 0.3) is 11.8 Å². The molecule has 0 spiro atoms. The van der Waals surface area contributed by atoms with Gasteiger partial charge in [-0.15, -0.1) is 0 Å². The number of amides is 2. The number of hydrogen-bond donors (Lipinski definition) is 2. The number of benzene rings is 2. The van der Waals surface area contributed by atoms with Gasteiger partial charge >= 0.3 is 0 Å². The van der Waals surface area contributed by atoms with Gasteiger partial charge in [-0.1, -0.05) is 36.4 Å². The van der Waals surface area contributed by atoms with Gasteiger partial charge in [0.05, 0.1) is 12.2 Å². The number of fused-ring (bicyclic) bond motifs is 3. The van der Waals surface area contributed by atoms with Crippen molar-refractivity contribution < 1.29 is 23.9 Å². The number of primary amides is 1. The Hall–Kier alpha value is -4.99. The highest BCUT2D eigenvalue weighted by Crippen LogP contribution is 2.42. The SMILES string of the molecule is CCOc1cccc2c1OCc1cn(-c3ncccc3C(=O)NC(Cc3ccccc3)C(=O)C(N)=O)nc1-2. The van der Waals surface area contributed by atoms with E-state index < -0.39 is 23.6 Å². The Kier molecular flexibility index (Phi) is 6.86. The van der Waals surface area contributed by atoms with Gasteiger partial charge in [-0.25, -0.2) is 9.67 Å². The van der Waals surface area contributed by atoms with Gasteiger partial charge in [0.15, 0.2) is 17.3 Å². The van der Waals surface area contributed by atoms with Crippen LogP contribution in [-0.2, 0) is 22.6 Å². The van der Waals surface area contributed by atoms with E-state index in [1.165, 1.54) is 4.68 Å². The molecule has 3 heterocycles.